The first kappa shape index (κ1) is 6.48. The fourth-order valence-electron chi connectivity index (χ4n) is 0.836. The van der Waals surface area contributed by atoms with Crippen LogP contribution < -0.4 is 5.32 Å². The second-order valence-corrected chi connectivity index (χ2v) is 2.81. The van der Waals surface area contributed by atoms with Gasteiger partial charge in [-0.2, -0.15) is 0 Å². The zero-order valence-corrected chi connectivity index (χ0v) is 6.39. The van der Waals surface area contributed by atoms with E-state index in [1.54, 1.807) is 5.51 Å². The Hall–Kier alpha value is -1.23. The second-order valence-electron chi connectivity index (χ2n) is 2.09. The minimum atomic E-state index is -0.0620. The molecule has 0 radical (unpaired) electrons. The summed E-state index contributed by atoms with van der Waals surface area (Å²) in [5.74, 6) is 0.532. The van der Waals surface area contributed by atoms with Crippen LogP contribution in [-0.4, -0.2) is 23.3 Å². The van der Waals surface area contributed by atoms with Gasteiger partial charge < -0.3 is 5.32 Å². The third kappa shape index (κ3) is 1.14. The maximum Gasteiger partial charge on any atom is 0.247 e. The van der Waals surface area contributed by atoms with Gasteiger partial charge >= 0.3 is 0 Å². The molecule has 0 saturated carbocycles. The Morgan fingerprint density at radius 3 is 3.09 bits per heavy atom. The Morgan fingerprint density at radius 2 is 2.55 bits per heavy atom. The van der Waals surface area contributed by atoms with Crippen molar-refractivity contribution < 1.29 is 4.79 Å². The van der Waals surface area contributed by atoms with Gasteiger partial charge in [0.1, 0.15) is 12.2 Å². The number of hydrogen-bond donors (Lipinski definition) is 1. The Labute approximate surface area is 67.0 Å². The smallest absolute Gasteiger partial charge is 0.247 e. The van der Waals surface area contributed by atoms with Crippen molar-refractivity contribution in [2.75, 3.05) is 6.54 Å². The molecule has 5 heteroatoms. The molecule has 56 valence electrons. The monoisotopic (exact) mass is 167 g/mol. The highest BCUT2D eigenvalue weighted by Gasteiger charge is 2.15. The minimum Gasteiger partial charge on any atom is -0.308 e. The van der Waals surface area contributed by atoms with E-state index < -0.39 is 0 Å². The van der Waals surface area contributed by atoms with Gasteiger partial charge in [-0.1, -0.05) is 0 Å². The van der Waals surface area contributed by atoms with E-state index in [-0.39, 0.29) is 12.5 Å². The number of amidine groups is 1. The fraction of sp³-hybridized carbons (Fsp3) is 0.167. The fourth-order valence-corrected chi connectivity index (χ4v) is 1.37. The summed E-state index contributed by atoms with van der Waals surface area (Å²) in [5, 5.41) is 4.46. The third-order valence-electron chi connectivity index (χ3n) is 1.31. The summed E-state index contributed by atoms with van der Waals surface area (Å²) < 4.78 is 0. The number of aliphatic imine (C=N–C) groups is 1. The highest BCUT2D eigenvalue weighted by atomic mass is 32.1. The van der Waals surface area contributed by atoms with Crippen molar-refractivity contribution in [3.63, 3.8) is 0 Å². The number of rotatable bonds is 1. The van der Waals surface area contributed by atoms with Gasteiger partial charge in [0.2, 0.25) is 5.91 Å². The van der Waals surface area contributed by atoms with E-state index in [2.05, 4.69) is 15.3 Å². The van der Waals surface area contributed by atoms with E-state index in [4.69, 9.17) is 0 Å². The van der Waals surface area contributed by atoms with Crippen LogP contribution in [0.25, 0.3) is 0 Å². The number of carbonyl (C=O) groups is 1. The van der Waals surface area contributed by atoms with E-state index in [9.17, 15) is 4.79 Å². The van der Waals surface area contributed by atoms with Gasteiger partial charge in [0.15, 0.2) is 5.84 Å². The van der Waals surface area contributed by atoms with E-state index in [0.29, 0.717) is 5.84 Å². The summed E-state index contributed by atoms with van der Waals surface area (Å²) in [7, 11) is 0. The van der Waals surface area contributed by atoms with E-state index in [0.717, 1.165) is 5.69 Å². The maximum atomic E-state index is 10.7. The van der Waals surface area contributed by atoms with Gasteiger partial charge in [-0.05, 0) is 0 Å². The number of amides is 1. The molecule has 0 saturated heterocycles. The van der Waals surface area contributed by atoms with Crippen molar-refractivity contribution in [2.24, 2.45) is 4.99 Å². The lowest BCUT2D eigenvalue weighted by Gasteiger charge is -1.92. The third-order valence-corrected chi connectivity index (χ3v) is 1.90. The van der Waals surface area contributed by atoms with Gasteiger partial charge in [-0.15, -0.1) is 11.3 Å². The molecule has 11 heavy (non-hydrogen) atoms. The van der Waals surface area contributed by atoms with Crippen molar-refractivity contribution >= 4 is 23.1 Å². The second kappa shape index (κ2) is 2.43. The number of aromatic nitrogens is 1. The molecular weight excluding hydrogens is 162 g/mol. The molecule has 1 aromatic heterocycles. The van der Waals surface area contributed by atoms with Gasteiger partial charge in [-0.3, -0.25) is 9.79 Å². The van der Waals surface area contributed by atoms with Gasteiger partial charge in [-0.25, -0.2) is 4.98 Å². The molecule has 2 heterocycles. The van der Waals surface area contributed by atoms with E-state index in [1.165, 1.54) is 11.3 Å². The lowest BCUT2D eigenvalue weighted by Crippen LogP contribution is -2.25. The molecule has 0 fully saturated rings. The van der Waals surface area contributed by atoms with Crippen LogP contribution in [-0.2, 0) is 4.79 Å². The lowest BCUT2D eigenvalue weighted by molar-refractivity contribution is -0.117. The number of thiazole rings is 1. The van der Waals surface area contributed by atoms with Crippen molar-refractivity contribution in [3.05, 3.63) is 16.6 Å². The first-order valence-corrected chi connectivity index (χ1v) is 4.03. The molecule has 0 aromatic carbocycles. The molecule has 0 aliphatic carbocycles. The molecule has 0 atom stereocenters. The highest BCUT2D eigenvalue weighted by molar-refractivity contribution is 7.07. The SMILES string of the molecule is O=C1CN=C(c2cscn2)N1. The summed E-state index contributed by atoms with van der Waals surface area (Å²) in [5.41, 5.74) is 2.46. The first-order valence-electron chi connectivity index (χ1n) is 3.09. The van der Waals surface area contributed by atoms with Crippen LogP contribution in [0.3, 0.4) is 0 Å². The largest absolute Gasteiger partial charge is 0.308 e. The van der Waals surface area contributed by atoms with Gasteiger partial charge in [0.05, 0.1) is 5.51 Å². The summed E-state index contributed by atoms with van der Waals surface area (Å²) in [6.07, 6.45) is 0. The topological polar surface area (TPSA) is 54.4 Å². The normalized spacial score (nSPS) is 16.4. The highest BCUT2D eigenvalue weighted by Crippen LogP contribution is 2.03. The molecule has 1 amide bonds. The molecule has 0 spiro atoms. The molecule has 0 unspecified atom stereocenters. The Bertz CT molecular complexity index is 304. The number of hydrogen-bond acceptors (Lipinski definition) is 4. The van der Waals surface area contributed by atoms with Crippen LogP contribution in [0.2, 0.25) is 0 Å². The standard InChI is InChI=1S/C6H5N3OS/c10-5-1-7-6(9-5)4-2-11-3-8-4/h2-3H,1H2,(H,7,9,10). The Kier molecular flexibility index (Phi) is 1.43. The Balaban J connectivity index is 2.26. The first-order chi connectivity index (χ1) is 5.36. The summed E-state index contributed by atoms with van der Waals surface area (Å²) in [6.45, 7) is 0.229. The van der Waals surface area contributed by atoms with E-state index in [1.807, 2.05) is 5.38 Å². The van der Waals surface area contributed by atoms with Crippen molar-refractivity contribution in [1.29, 1.82) is 0 Å². The number of carbonyl (C=O) groups excluding carboxylic acids is 1. The molecule has 1 aliphatic heterocycles. The molecular formula is C6H5N3OS. The van der Waals surface area contributed by atoms with Crippen LogP contribution in [0.15, 0.2) is 15.9 Å². The molecule has 2 rings (SSSR count). The van der Waals surface area contributed by atoms with E-state index >= 15 is 0 Å². The van der Waals surface area contributed by atoms with Crippen LogP contribution in [0.4, 0.5) is 0 Å². The van der Waals surface area contributed by atoms with Gasteiger partial charge in [0, 0.05) is 5.38 Å². The van der Waals surface area contributed by atoms with Crippen LogP contribution >= 0.6 is 11.3 Å². The predicted molar refractivity (Wildman–Crippen MR) is 41.7 cm³/mol. The Morgan fingerprint density at radius 1 is 1.64 bits per heavy atom. The van der Waals surface area contributed by atoms with Crippen LogP contribution in [0, 0.1) is 0 Å². The molecule has 1 aromatic rings. The van der Waals surface area contributed by atoms with Crippen molar-refractivity contribution in [1.82, 2.24) is 10.3 Å². The zero-order chi connectivity index (χ0) is 7.68. The maximum absolute atomic E-state index is 10.7. The average molecular weight is 167 g/mol. The minimum absolute atomic E-state index is 0.0620. The molecule has 0 bridgehead atoms. The van der Waals surface area contributed by atoms with Gasteiger partial charge in [0.25, 0.3) is 0 Å². The molecule has 1 N–H and O–H groups in total. The number of nitrogens with zero attached hydrogens (tertiary/aromatic N) is 2. The summed E-state index contributed by atoms with van der Waals surface area (Å²) in [4.78, 5) is 18.7. The van der Waals surface area contributed by atoms with Crippen LogP contribution in [0.5, 0.6) is 0 Å². The van der Waals surface area contributed by atoms with Crippen LogP contribution in [0.1, 0.15) is 5.69 Å². The lowest BCUT2D eigenvalue weighted by atomic mass is 10.4. The van der Waals surface area contributed by atoms with Crippen molar-refractivity contribution in [3.8, 4) is 0 Å². The number of nitrogens with one attached hydrogen (secondary N) is 1. The average Bonchev–Trinajstić information content (AvgIpc) is 2.55. The zero-order valence-electron chi connectivity index (χ0n) is 5.57. The predicted octanol–water partition coefficient (Wildman–Crippen LogP) is 0.0195. The summed E-state index contributed by atoms with van der Waals surface area (Å²) in [6, 6.07) is 0. The molecule has 4 nitrogen and oxygen atoms in total. The summed E-state index contributed by atoms with van der Waals surface area (Å²) >= 11 is 1.48. The molecule has 1 aliphatic rings. The van der Waals surface area contributed by atoms with Crippen molar-refractivity contribution in [2.45, 2.75) is 0 Å². The quantitative estimate of drug-likeness (QED) is 0.641.